The lowest BCUT2D eigenvalue weighted by Gasteiger charge is -2.26. The van der Waals surface area contributed by atoms with Crippen LogP contribution in [0.3, 0.4) is 0 Å². The number of fused-ring (bicyclic) bond motifs is 1. The molecule has 0 amide bonds. The lowest BCUT2D eigenvalue weighted by Crippen LogP contribution is -2.26. The molecule has 0 atom stereocenters. The molecular weight excluding hydrogens is 290 g/mol. The zero-order valence-electron chi connectivity index (χ0n) is 11.8. The lowest BCUT2D eigenvalue weighted by molar-refractivity contribution is 0.0916. The number of ketones is 1. The first-order valence-electron chi connectivity index (χ1n) is 6.56. The Morgan fingerprint density at radius 3 is 2.90 bits per heavy atom. The van der Waals surface area contributed by atoms with Crippen LogP contribution >= 0.6 is 22.7 Å². The van der Waals surface area contributed by atoms with E-state index in [1.807, 2.05) is 17.9 Å². The van der Waals surface area contributed by atoms with Gasteiger partial charge in [-0.3, -0.25) is 4.79 Å². The highest BCUT2D eigenvalue weighted by Crippen LogP contribution is 2.39. The molecule has 2 aromatic heterocycles. The Kier molecular flexibility index (Phi) is 3.38. The summed E-state index contributed by atoms with van der Waals surface area (Å²) in [6, 6.07) is 0. The number of aromatic nitrogens is 2. The van der Waals surface area contributed by atoms with Gasteiger partial charge in [0.05, 0.1) is 28.3 Å². The van der Waals surface area contributed by atoms with Gasteiger partial charge in [-0.05, 0) is 11.8 Å². The SMILES string of the molecule is CN(Cc1cscn1)c1nc2c(s1)C(=O)CC(C)(C)C2. The quantitative estimate of drug-likeness (QED) is 0.872. The van der Waals surface area contributed by atoms with E-state index >= 15 is 0 Å². The Morgan fingerprint density at radius 1 is 1.40 bits per heavy atom. The molecule has 1 aliphatic carbocycles. The van der Waals surface area contributed by atoms with Crippen LogP contribution in [0.15, 0.2) is 10.9 Å². The summed E-state index contributed by atoms with van der Waals surface area (Å²) in [5.41, 5.74) is 3.87. The molecule has 0 radical (unpaired) electrons. The summed E-state index contributed by atoms with van der Waals surface area (Å²) < 4.78 is 0. The molecule has 0 N–H and O–H groups in total. The van der Waals surface area contributed by atoms with Crippen LogP contribution in [0.2, 0.25) is 0 Å². The summed E-state index contributed by atoms with van der Waals surface area (Å²) in [6.45, 7) is 4.99. The summed E-state index contributed by atoms with van der Waals surface area (Å²) in [6.07, 6.45) is 1.51. The fourth-order valence-electron chi connectivity index (χ4n) is 2.50. The number of anilines is 1. The number of carbonyl (C=O) groups excluding carboxylic acids is 1. The summed E-state index contributed by atoms with van der Waals surface area (Å²) >= 11 is 3.11. The highest BCUT2D eigenvalue weighted by atomic mass is 32.1. The summed E-state index contributed by atoms with van der Waals surface area (Å²) in [5, 5.41) is 2.95. The number of rotatable bonds is 3. The van der Waals surface area contributed by atoms with Gasteiger partial charge in [-0.1, -0.05) is 25.2 Å². The van der Waals surface area contributed by atoms with Crippen LogP contribution in [0.4, 0.5) is 5.13 Å². The monoisotopic (exact) mass is 307 g/mol. The summed E-state index contributed by atoms with van der Waals surface area (Å²) in [5.74, 6) is 0.238. The second-order valence-electron chi connectivity index (χ2n) is 6.05. The fraction of sp³-hybridized carbons (Fsp3) is 0.500. The number of thiazole rings is 2. The second kappa shape index (κ2) is 4.93. The Bertz CT molecular complexity index is 631. The van der Waals surface area contributed by atoms with Gasteiger partial charge in [0, 0.05) is 18.8 Å². The van der Waals surface area contributed by atoms with Gasteiger partial charge in [0.15, 0.2) is 10.9 Å². The number of nitrogens with zero attached hydrogens (tertiary/aromatic N) is 3. The van der Waals surface area contributed by atoms with Crippen molar-refractivity contribution in [2.75, 3.05) is 11.9 Å². The maximum atomic E-state index is 12.2. The van der Waals surface area contributed by atoms with Crippen LogP contribution < -0.4 is 4.90 Å². The molecular formula is C14H17N3OS2. The van der Waals surface area contributed by atoms with Crippen molar-refractivity contribution in [3.8, 4) is 0 Å². The Morgan fingerprint density at radius 2 is 2.20 bits per heavy atom. The van der Waals surface area contributed by atoms with Gasteiger partial charge >= 0.3 is 0 Å². The third kappa shape index (κ3) is 2.62. The van der Waals surface area contributed by atoms with Crippen LogP contribution in [0.25, 0.3) is 0 Å². The first-order valence-corrected chi connectivity index (χ1v) is 8.32. The van der Waals surface area contributed by atoms with Gasteiger partial charge in [-0.15, -0.1) is 11.3 Å². The van der Waals surface area contributed by atoms with Gasteiger partial charge in [0.1, 0.15) is 0 Å². The molecule has 4 nitrogen and oxygen atoms in total. The summed E-state index contributed by atoms with van der Waals surface area (Å²) in [7, 11) is 2.00. The van der Waals surface area contributed by atoms with Crippen LogP contribution in [-0.2, 0) is 13.0 Å². The predicted molar refractivity (Wildman–Crippen MR) is 82.8 cm³/mol. The van der Waals surface area contributed by atoms with E-state index in [0.29, 0.717) is 6.42 Å². The largest absolute Gasteiger partial charge is 0.345 e. The molecule has 20 heavy (non-hydrogen) atoms. The molecule has 0 bridgehead atoms. The smallest absolute Gasteiger partial charge is 0.186 e. The Labute approximate surface area is 126 Å². The van der Waals surface area contributed by atoms with E-state index in [2.05, 4.69) is 28.7 Å². The normalized spacial score (nSPS) is 17.1. The van der Waals surface area contributed by atoms with Crippen LogP contribution in [0.1, 0.15) is 41.3 Å². The minimum Gasteiger partial charge on any atom is -0.345 e. The topological polar surface area (TPSA) is 46.1 Å². The molecule has 2 heterocycles. The van der Waals surface area contributed by atoms with Crippen LogP contribution in [0.5, 0.6) is 0 Å². The van der Waals surface area contributed by atoms with Gasteiger partial charge in [0.25, 0.3) is 0 Å². The van der Waals surface area contributed by atoms with Crippen molar-refractivity contribution in [1.82, 2.24) is 9.97 Å². The van der Waals surface area contributed by atoms with Gasteiger partial charge in [0.2, 0.25) is 0 Å². The first kappa shape index (κ1) is 13.7. The van der Waals surface area contributed by atoms with Gasteiger partial charge in [-0.25, -0.2) is 9.97 Å². The maximum absolute atomic E-state index is 12.2. The van der Waals surface area contributed by atoms with E-state index in [0.717, 1.165) is 34.4 Å². The van der Waals surface area contributed by atoms with Crippen molar-refractivity contribution >= 4 is 33.6 Å². The number of hydrogen-bond acceptors (Lipinski definition) is 6. The Balaban J connectivity index is 1.84. The molecule has 3 rings (SSSR count). The van der Waals surface area contributed by atoms with Crippen molar-refractivity contribution in [3.63, 3.8) is 0 Å². The second-order valence-corrected chi connectivity index (χ2v) is 7.75. The standard InChI is InChI=1S/C14H17N3OS2/c1-14(2)4-10-12(11(18)5-14)20-13(16-10)17(3)6-9-7-19-8-15-9/h7-8H,4-6H2,1-3H3. The van der Waals surface area contributed by atoms with Gasteiger partial charge < -0.3 is 4.90 Å². The average molecular weight is 307 g/mol. The summed E-state index contributed by atoms with van der Waals surface area (Å²) in [4.78, 5) is 24.1. The lowest BCUT2D eigenvalue weighted by atomic mass is 9.78. The zero-order valence-corrected chi connectivity index (χ0v) is 13.5. The molecule has 6 heteroatoms. The minimum absolute atomic E-state index is 0.0307. The maximum Gasteiger partial charge on any atom is 0.186 e. The van der Waals surface area contributed by atoms with E-state index in [1.165, 1.54) is 11.3 Å². The third-order valence-corrected chi connectivity index (χ3v) is 5.32. The number of Topliss-reactive ketones (excluding diaryl/α,β-unsaturated/α-hetero) is 1. The molecule has 0 saturated heterocycles. The van der Waals surface area contributed by atoms with Crippen LogP contribution in [-0.4, -0.2) is 22.8 Å². The molecule has 2 aromatic rings. The van der Waals surface area contributed by atoms with Crippen molar-refractivity contribution in [2.24, 2.45) is 5.41 Å². The van der Waals surface area contributed by atoms with Crippen molar-refractivity contribution < 1.29 is 4.79 Å². The van der Waals surface area contributed by atoms with Crippen LogP contribution in [0, 0.1) is 5.41 Å². The minimum atomic E-state index is 0.0307. The number of carbonyl (C=O) groups is 1. The van der Waals surface area contributed by atoms with Gasteiger partial charge in [-0.2, -0.15) is 0 Å². The van der Waals surface area contributed by atoms with Crippen molar-refractivity contribution in [3.05, 3.63) is 27.2 Å². The van der Waals surface area contributed by atoms with Crippen molar-refractivity contribution in [2.45, 2.75) is 33.2 Å². The van der Waals surface area contributed by atoms with E-state index < -0.39 is 0 Å². The molecule has 0 fully saturated rings. The molecule has 0 spiro atoms. The fourth-order valence-corrected chi connectivity index (χ4v) is 4.03. The van der Waals surface area contributed by atoms with E-state index in [1.54, 1.807) is 11.3 Å². The first-order chi connectivity index (χ1) is 9.44. The van der Waals surface area contributed by atoms with E-state index in [9.17, 15) is 4.79 Å². The van der Waals surface area contributed by atoms with E-state index in [-0.39, 0.29) is 11.2 Å². The predicted octanol–water partition coefficient (Wildman–Crippen LogP) is 3.39. The molecule has 0 aromatic carbocycles. The van der Waals surface area contributed by atoms with Crippen molar-refractivity contribution in [1.29, 1.82) is 0 Å². The molecule has 106 valence electrons. The third-order valence-electron chi connectivity index (χ3n) is 3.43. The molecule has 0 aliphatic heterocycles. The molecule has 1 aliphatic rings. The molecule has 0 unspecified atom stereocenters. The Hall–Kier alpha value is -1.27. The number of hydrogen-bond donors (Lipinski definition) is 0. The highest BCUT2D eigenvalue weighted by Gasteiger charge is 2.34. The van der Waals surface area contributed by atoms with E-state index in [4.69, 9.17) is 0 Å². The zero-order chi connectivity index (χ0) is 14.3. The highest BCUT2D eigenvalue weighted by molar-refractivity contribution is 7.17. The average Bonchev–Trinajstić information content (AvgIpc) is 2.96. The molecule has 0 saturated carbocycles.